The molecule has 2 heterocycles. The minimum atomic E-state index is -0.206. The second kappa shape index (κ2) is 5.86. The van der Waals surface area contributed by atoms with Gasteiger partial charge < -0.3 is 9.73 Å². The molecule has 2 rings (SSSR count). The van der Waals surface area contributed by atoms with E-state index in [1.165, 1.54) is 6.08 Å². The van der Waals surface area contributed by atoms with Gasteiger partial charge in [-0.2, -0.15) is 5.10 Å². The summed E-state index contributed by atoms with van der Waals surface area (Å²) in [6.07, 6.45) is 9.05. The number of nitrogens with zero attached hydrogens (tertiary/aromatic N) is 2. The van der Waals surface area contributed by atoms with Crippen LogP contribution in [0.5, 0.6) is 0 Å². The Labute approximate surface area is 105 Å². The number of anilines is 1. The van der Waals surface area contributed by atoms with Gasteiger partial charge in [0.1, 0.15) is 5.76 Å². The molecule has 1 amide bonds. The summed E-state index contributed by atoms with van der Waals surface area (Å²) in [6, 6.07) is 3.55. The summed E-state index contributed by atoms with van der Waals surface area (Å²) in [5.74, 6) is 0.439. The first kappa shape index (κ1) is 12.2. The Hall–Kier alpha value is -2.30. The van der Waals surface area contributed by atoms with Gasteiger partial charge in [-0.1, -0.05) is 6.92 Å². The van der Waals surface area contributed by atoms with E-state index in [2.05, 4.69) is 17.3 Å². The Balaban J connectivity index is 1.90. The third-order valence-corrected chi connectivity index (χ3v) is 2.30. The molecule has 0 spiro atoms. The van der Waals surface area contributed by atoms with Crippen LogP contribution in [0.15, 0.2) is 41.3 Å². The molecule has 0 aromatic carbocycles. The van der Waals surface area contributed by atoms with Crippen molar-refractivity contribution in [2.24, 2.45) is 0 Å². The van der Waals surface area contributed by atoms with Crippen LogP contribution in [-0.2, 0) is 11.3 Å². The van der Waals surface area contributed by atoms with Gasteiger partial charge in [-0.05, 0) is 24.6 Å². The molecule has 0 bridgehead atoms. The van der Waals surface area contributed by atoms with E-state index in [4.69, 9.17) is 4.42 Å². The molecule has 18 heavy (non-hydrogen) atoms. The van der Waals surface area contributed by atoms with Crippen LogP contribution in [0.25, 0.3) is 6.08 Å². The largest absolute Gasteiger partial charge is 0.465 e. The summed E-state index contributed by atoms with van der Waals surface area (Å²) in [5.41, 5.74) is 0.692. The van der Waals surface area contributed by atoms with Gasteiger partial charge in [0.2, 0.25) is 5.91 Å². The molecular weight excluding hydrogens is 230 g/mol. The second-order valence-corrected chi connectivity index (χ2v) is 3.83. The van der Waals surface area contributed by atoms with Crippen LogP contribution >= 0.6 is 0 Å². The molecule has 0 atom stereocenters. The highest BCUT2D eigenvalue weighted by molar-refractivity contribution is 6.01. The number of amides is 1. The Morgan fingerprint density at radius 2 is 2.50 bits per heavy atom. The van der Waals surface area contributed by atoms with Gasteiger partial charge in [-0.25, -0.2) is 0 Å². The average Bonchev–Trinajstić information content (AvgIpc) is 2.99. The monoisotopic (exact) mass is 245 g/mol. The Bertz CT molecular complexity index is 526. The van der Waals surface area contributed by atoms with Gasteiger partial charge in [0.25, 0.3) is 0 Å². The topological polar surface area (TPSA) is 60.1 Å². The van der Waals surface area contributed by atoms with Crippen molar-refractivity contribution in [3.8, 4) is 0 Å². The third-order valence-electron chi connectivity index (χ3n) is 2.30. The van der Waals surface area contributed by atoms with E-state index in [9.17, 15) is 4.79 Å². The van der Waals surface area contributed by atoms with Crippen molar-refractivity contribution in [3.05, 3.63) is 42.6 Å². The van der Waals surface area contributed by atoms with E-state index in [0.717, 1.165) is 13.0 Å². The summed E-state index contributed by atoms with van der Waals surface area (Å²) in [6.45, 7) is 2.92. The quantitative estimate of drug-likeness (QED) is 0.823. The van der Waals surface area contributed by atoms with E-state index in [-0.39, 0.29) is 5.91 Å². The molecule has 0 aliphatic rings. The molecule has 0 aliphatic heterocycles. The van der Waals surface area contributed by atoms with E-state index in [1.54, 1.807) is 35.4 Å². The minimum absolute atomic E-state index is 0.206. The molecule has 0 saturated heterocycles. The molecular formula is C13H15N3O2. The molecule has 5 nitrogen and oxygen atoms in total. The average molecular weight is 245 g/mol. The van der Waals surface area contributed by atoms with Crippen molar-refractivity contribution >= 4 is 17.7 Å². The Morgan fingerprint density at radius 3 is 3.22 bits per heavy atom. The molecule has 0 fully saturated rings. The van der Waals surface area contributed by atoms with Gasteiger partial charge in [0.15, 0.2) is 0 Å². The van der Waals surface area contributed by atoms with E-state index in [0.29, 0.717) is 11.4 Å². The summed E-state index contributed by atoms with van der Waals surface area (Å²) in [4.78, 5) is 11.6. The van der Waals surface area contributed by atoms with Gasteiger partial charge in [0.05, 0.1) is 18.1 Å². The number of carbonyl (C=O) groups is 1. The number of aromatic nitrogens is 2. The Kier molecular flexibility index (Phi) is 3.96. The van der Waals surface area contributed by atoms with Crippen molar-refractivity contribution in [2.75, 3.05) is 5.32 Å². The predicted octanol–water partition coefficient (Wildman–Crippen LogP) is 2.54. The SMILES string of the molecule is CCCn1cc(NC(=O)/C=C/c2ccco2)cn1. The molecule has 0 aliphatic carbocycles. The smallest absolute Gasteiger partial charge is 0.248 e. The van der Waals surface area contributed by atoms with Crippen LogP contribution in [-0.4, -0.2) is 15.7 Å². The Morgan fingerprint density at radius 1 is 1.61 bits per heavy atom. The molecule has 2 aromatic rings. The minimum Gasteiger partial charge on any atom is -0.465 e. The first-order valence-electron chi connectivity index (χ1n) is 5.83. The summed E-state index contributed by atoms with van der Waals surface area (Å²) in [5, 5.41) is 6.86. The van der Waals surface area contributed by atoms with Crippen LogP contribution in [0.4, 0.5) is 5.69 Å². The number of carbonyl (C=O) groups excluding carboxylic acids is 1. The van der Waals surface area contributed by atoms with Crippen molar-refractivity contribution in [1.29, 1.82) is 0 Å². The van der Waals surface area contributed by atoms with Crippen molar-refractivity contribution in [1.82, 2.24) is 9.78 Å². The lowest BCUT2D eigenvalue weighted by molar-refractivity contribution is -0.111. The standard InChI is InChI=1S/C13H15N3O2/c1-2-7-16-10-11(9-14-16)15-13(17)6-5-12-4-3-8-18-12/h3-6,8-10H,2,7H2,1H3,(H,15,17)/b6-5+. The third kappa shape index (κ3) is 3.35. The number of furan rings is 1. The molecule has 5 heteroatoms. The van der Waals surface area contributed by atoms with Crippen molar-refractivity contribution in [2.45, 2.75) is 19.9 Å². The van der Waals surface area contributed by atoms with Crippen LogP contribution in [0.2, 0.25) is 0 Å². The van der Waals surface area contributed by atoms with E-state index in [1.807, 2.05) is 6.20 Å². The predicted molar refractivity (Wildman–Crippen MR) is 68.9 cm³/mol. The summed E-state index contributed by atoms with van der Waals surface area (Å²) < 4.78 is 6.88. The van der Waals surface area contributed by atoms with Gasteiger partial charge >= 0.3 is 0 Å². The number of rotatable bonds is 5. The van der Waals surface area contributed by atoms with E-state index >= 15 is 0 Å². The van der Waals surface area contributed by atoms with Crippen LogP contribution in [0.1, 0.15) is 19.1 Å². The maximum Gasteiger partial charge on any atom is 0.248 e. The number of hydrogen-bond acceptors (Lipinski definition) is 3. The highest BCUT2D eigenvalue weighted by atomic mass is 16.3. The highest BCUT2D eigenvalue weighted by Crippen LogP contribution is 2.06. The number of hydrogen-bond donors (Lipinski definition) is 1. The lowest BCUT2D eigenvalue weighted by Crippen LogP contribution is -2.06. The van der Waals surface area contributed by atoms with Crippen LogP contribution in [0, 0.1) is 0 Å². The van der Waals surface area contributed by atoms with Crippen molar-refractivity contribution in [3.63, 3.8) is 0 Å². The van der Waals surface area contributed by atoms with Gasteiger partial charge in [-0.3, -0.25) is 9.48 Å². The van der Waals surface area contributed by atoms with Gasteiger partial charge in [-0.15, -0.1) is 0 Å². The van der Waals surface area contributed by atoms with E-state index < -0.39 is 0 Å². The second-order valence-electron chi connectivity index (χ2n) is 3.83. The fourth-order valence-electron chi connectivity index (χ4n) is 1.51. The zero-order valence-corrected chi connectivity index (χ0v) is 10.2. The highest BCUT2D eigenvalue weighted by Gasteiger charge is 2.01. The van der Waals surface area contributed by atoms with Crippen LogP contribution < -0.4 is 5.32 Å². The molecule has 1 N–H and O–H groups in total. The first-order chi connectivity index (χ1) is 8.78. The zero-order chi connectivity index (χ0) is 12.8. The van der Waals surface area contributed by atoms with Crippen molar-refractivity contribution < 1.29 is 9.21 Å². The zero-order valence-electron chi connectivity index (χ0n) is 10.2. The molecule has 0 saturated carbocycles. The molecule has 94 valence electrons. The lowest BCUT2D eigenvalue weighted by atomic mass is 10.4. The molecule has 2 aromatic heterocycles. The van der Waals surface area contributed by atoms with Crippen LogP contribution in [0.3, 0.4) is 0 Å². The number of aryl methyl sites for hydroxylation is 1. The first-order valence-corrected chi connectivity index (χ1v) is 5.83. The summed E-state index contributed by atoms with van der Waals surface area (Å²) >= 11 is 0. The molecule has 0 unspecified atom stereocenters. The lowest BCUT2D eigenvalue weighted by Gasteiger charge is -1.97. The fraction of sp³-hybridized carbons (Fsp3) is 0.231. The van der Waals surface area contributed by atoms with Gasteiger partial charge in [0, 0.05) is 18.8 Å². The fourth-order valence-corrected chi connectivity index (χ4v) is 1.51. The summed E-state index contributed by atoms with van der Waals surface area (Å²) in [7, 11) is 0. The number of nitrogens with one attached hydrogen (secondary N) is 1. The molecule has 0 radical (unpaired) electrons. The maximum absolute atomic E-state index is 11.6. The maximum atomic E-state index is 11.6. The normalized spacial score (nSPS) is 10.9.